The molecule has 7 nitrogen and oxygen atoms in total. The second kappa shape index (κ2) is 9.15. The summed E-state index contributed by atoms with van der Waals surface area (Å²) < 4.78 is 7.10. The first-order valence-electron chi connectivity index (χ1n) is 9.74. The largest absolute Gasteiger partial charge is 0.451 e. The van der Waals surface area contributed by atoms with Crippen LogP contribution in [0.1, 0.15) is 16.1 Å². The molecule has 3 aromatic carbocycles. The lowest BCUT2D eigenvalue weighted by atomic mass is 10.1. The Hall–Kier alpha value is -3.78. The van der Waals surface area contributed by atoms with Crippen LogP contribution in [0.2, 0.25) is 0 Å². The molecule has 32 heavy (non-hydrogen) atoms. The number of carbonyl (C=O) groups excluding carboxylic acids is 2. The first-order chi connectivity index (χ1) is 15.4. The number of benzene rings is 3. The van der Waals surface area contributed by atoms with Crippen LogP contribution in [-0.4, -0.2) is 28.3 Å². The lowest BCUT2D eigenvalue weighted by Gasteiger charge is -2.11. The Morgan fingerprint density at radius 3 is 2.41 bits per heavy atom. The van der Waals surface area contributed by atoms with E-state index in [9.17, 15) is 14.4 Å². The minimum atomic E-state index is -0.802. The van der Waals surface area contributed by atoms with Gasteiger partial charge in [-0.1, -0.05) is 42.5 Å². The number of para-hydroxylation sites is 1. The molecule has 0 aliphatic heterocycles. The summed E-state index contributed by atoms with van der Waals surface area (Å²) in [6, 6.07) is 20.9. The van der Waals surface area contributed by atoms with E-state index in [1.807, 2.05) is 25.1 Å². The van der Waals surface area contributed by atoms with Crippen molar-refractivity contribution in [3.8, 4) is 5.69 Å². The van der Waals surface area contributed by atoms with Crippen LogP contribution in [0.25, 0.3) is 16.5 Å². The first-order valence-corrected chi connectivity index (χ1v) is 10.5. The highest BCUT2D eigenvalue weighted by Gasteiger charge is 2.20. The number of nitrogens with zero attached hydrogens (tertiary/aromatic N) is 2. The van der Waals surface area contributed by atoms with Gasteiger partial charge in [-0.25, -0.2) is 4.79 Å². The molecule has 8 heteroatoms. The van der Waals surface area contributed by atoms with Crippen molar-refractivity contribution in [1.29, 1.82) is 0 Å². The van der Waals surface area contributed by atoms with Gasteiger partial charge in [-0.15, -0.1) is 0 Å². The predicted octanol–water partition coefficient (Wildman–Crippen LogP) is 4.25. The number of rotatable bonds is 5. The minimum absolute atomic E-state index is 0.0478. The van der Waals surface area contributed by atoms with E-state index in [0.717, 1.165) is 14.7 Å². The fourth-order valence-electron chi connectivity index (χ4n) is 3.19. The summed E-state index contributed by atoms with van der Waals surface area (Å²) in [6.45, 7) is 1.43. The third-order valence-electron chi connectivity index (χ3n) is 4.73. The fourth-order valence-corrected chi connectivity index (χ4v) is 3.78. The van der Waals surface area contributed by atoms with Gasteiger partial charge in [0.1, 0.15) is 0 Å². The van der Waals surface area contributed by atoms with Gasteiger partial charge >= 0.3 is 5.97 Å². The number of hydrogen-bond acceptors (Lipinski definition) is 5. The van der Waals surface area contributed by atoms with E-state index in [0.29, 0.717) is 22.1 Å². The molecule has 0 spiro atoms. The minimum Gasteiger partial charge on any atom is -0.451 e. The summed E-state index contributed by atoms with van der Waals surface area (Å²) in [5.41, 5.74) is 1.71. The van der Waals surface area contributed by atoms with Crippen LogP contribution in [0.3, 0.4) is 0 Å². The Morgan fingerprint density at radius 1 is 1.00 bits per heavy atom. The number of amides is 1. The molecule has 4 rings (SSSR count). The Bertz CT molecular complexity index is 1380. The van der Waals surface area contributed by atoms with Crippen molar-refractivity contribution in [2.45, 2.75) is 6.92 Å². The number of ether oxygens (including phenoxy) is 1. The van der Waals surface area contributed by atoms with Crippen molar-refractivity contribution in [3.05, 3.63) is 98.9 Å². The number of aromatic nitrogens is 2. The van der Waals surface area contributed by atoms with E-state index in [2.05, 4.69) is 26.3 Å². The summed E-state index contributed by atoms with van der Waals surface area (Å²) in [4.78, 5) is 38.0. The molecule has 0 bridgehead atoms. The highest BCUT2D eigenvalue weighted by atomic mass is 79.9. The number of fused-ring (bicyclic) bond motifs is 1. The number of hydrogen-bond donors (Lipinski definition) is 1. The molecule has 0 atom stereocenters. The van der Waals surface area contributed by atoms with Gasteiger partial charge in [0.15, 0.2) is 12.3 Å². The average Bonchev–Trinajstić information content (AvgIpc) is 2.80. The van der Waals surface area contributed by atoms with Crippen LogP contribution in [-0.2, 0) is 9.53 Å². The molecule has 0 radical (unpaired) electrons. The fraction of sp³-hybridized carbons (Fsp3) is 0.0833. The Balaban J connectivity index is 1.60. The van der Waals surface area contributed by atoms with E-state index in [-0.39, 0.29) is 11.3 Å². The molecule has 0 aliphatic carbocycles. The number of aryl methyl sites for hydroxylation is 1. The lowest BCUT2D eigenvalue weighted by molar-refractivity contribution is -0.119. The standard InChI is InChI=1S/C24H18BrN3O4/c1-15-11-12-20(19(25)13-15)26-21(29)14-32-24(31)22-17-9-5-6-10-18(17)23(30)28(27-22)16-7-3-2-4-8-16/h2-13H,14H2,1H3,(H,26,29). The smallest absolute Gasteiger partial charge is 0.359 e. The van der Waals surface area contributed by atoms with Crippen molar-refractivity contribution < 1.29 is 14.3 Å². The van der Waals surface area contributed by atoms with Crippen molar-refractivity contribution in [3.63, 3.8) is 0 Å². The van der Waals surface area contributed by atoms with Crippen LogP contribution in [0, 0.1) is 6.92 Å². The SMILES string of the molecule is Cc1ccc(NC(=O)COC(=O)c2nn(-c3ccccc3)c(=O)c3ccccc23)c(Br)c1. The van der Waals surface area contributed by atoms with E-state index in [1.54, 1.807) is 54.6 Å². The molecule has 0 saturated carbocycles. The van der Waals surface area contributed by atoms with Gasteiger partial charge in [0.05, 0.1) is 16.8 Å². The van der Waals surface area contributed by atoms with Crippen molar-refractivity contribution >= 4 is 44.3 Å². The van der Waals surface area contributed by atoms with Gasteiger partial charge in [-0.05, 0) is 58.7 Å². The van der Waals surface area contributed by atoms with Gasteiger partial charge in [-0.2, -0.15) is 9.78 Å². The van der Waals surface area contributed by atoms with Crippen molar-refractivity contribution in [2.24, 2.45) is 0 Å². The van der Waals surface area contributed by atoms with Crippen LogP contribution >= 0.6 is 15.9 Å². The number of halogens is 1. The average molecular weight is 492 g/mol. The molecule has 0 saturated heterocycles. The van der Waals surface area contributed by atoms with E-state index in [4.69, 9.17) is 4.74 Å². The van der Waals surface area contributed by atoms with E-state index in [1.165, 1.54) is 0 Å². The van der Waals surface area contributed by atoms with E-state index < -0.39 is 18.5 Å². The predicted molar refractivity (Wildman–Crippen MR) is 125 cm³/mol. The lowest BCUT2D eigenvalue weighted by Crippen LogP contribution is -2.26. The molecule has 1 heterocycles. The summed E-state index contributed by atoms with van der Waals surface area (Å²) in [5.74, 6) is -1.30. The summed E-state index contributed by atoms with van der Waals surface area (Å²) in [5, 5.41) is 7.62. The second-order valence-electron chi connectivity index (χ2n) is 7.05. The Kier molecular flexibility index (Phi) is 6.13. The zero-order valence-corrected chi connectivity index (χ0v) is 18.6. The summed E-state index contributed by atoms with van der Waals surface area (Å²) in [6.07, 6.45) is 0. The summed E-state index contributed by atoms with van der Waals surface area (Å²) in [7, 11) is 0. The molecule has 1 aromatic heterocycles. The van der Waals surface area contributed by atoms with E-state index >= 15 is 0 Å². The van der Waals surface area contributed by atoms with Crippen LogP contribution in [0.5, 0.6) is 0 Å². The number of esters is 1. The van der Waals surface area contributed by atoms with Crippen molar-refractivity contribution in [1.82, 2.24) is 9.78 Å². The number of anilines is 1. The monoisotopic (exact) mass is 491 g/mol. The molecule has 0 aliphatic rings. The van der Waals surface area contributed by atoms with Gasteiger partial charge in [0.25, 0.3) is 11.5 Å². The maximum Gasteiger partial charge on any atom is 0.359 e. The maximum absolute atomic E-state index is 12.9. The normalized spacial score (nSPS) is 10.7. The number of nitrogens with one attached hydrogen (secondary N) is 1. The topological polar surface area (TPSA) is 90.3 Å². The Labute approximate surface area is 191 Å². The number of carbonyl (C=O) groups is 2. The highest BCUT2D eigenvalue weighted by molar-refractivity contribution is 9.10. The van der Waals surface area contributed by atoms with Crippen LogP contribution < -0.4 is 10.9 Å². The molecule has 1 N–H and O–H groups in total. The van der Waals surface area contributed by atoms with Crippen LogP contribution in [0.4, 0.5) is 5.69 Å². The molecule has 0 unspecified atom stereocenters. The maximum atomic E-state index is 12.9. The molecule has 160 valence electrons. The molecular weight excluding hydrogens is 474 g/mol. The molecule has 1 amide bonds. The first kappa shape index (κ1) is 21.5. The van der Waals surface area contributed by atoms with Gasteiger partial charge < -0.3 is 10.1 Å². The Morgan fingerprint density at radius 2 is 1.69 bits per heavy atom. The molecular formula is C24H18BrN3O4. The van der Waals surface area contributed by atoms with Gasteiger partial charge in [-0.3, -0.25) is 9.59 Å². The third-order valence-corrected chi connectivity index (χ3v) is 5.39. The van der Waals surface area contributed by atoms with Crippen LogP contribution in [0.15, 0.2) is 82.1 Å². The highest BCUT2D eigenvalue weighted by Crippen LogP contribution is 2.23. The second-order valence-corrected chi connectivity index (χ2v) is 7.91. The summed E-state index contributed by atoms with van der Waals surface area (Å²) >= 11 is 3.39. The van der Waals surface area contributed by atoms with Gasteiger partial charge in [0, 0.05) is 9.86 Å². The van der Waals surface area contributed by atoms with Crippen molar-refractivity contribution in [2.75, 3.05) is 11.9 Å². The molecule has 4 aromatic rings. The zero-order valence-electron chi connectivity index (χ0n) is 17.0. The third kappa shape index (κ3) is 4.45. The quantitative estimate of drug-likeness (QED) is 0.421. The zero-order chi connectivity index (χ0) is 22.7. The molecule has 0 fully saturated rings. The van der Waals surface area contributed by atoms with Gasteiger partial charge in [0.2, 0.25) is 0 Å².